The fourth-order valence-corrected chi connectivity index (χ4v) is 4.72. The number of urea groups is 1. The van der Waals surface area contributed by atoms with Gasteiger partial charge in [0.1, 0.15) is 11.0 Å². The summed E-state index contributed by atoms with van der Waals surface area (Å²) in [5.41, 5.74) is 2.04. The van der Waals surface area contributed by atoms with Gasteiger partial charge in [0.05, 0.1) is 6.20 Å². The van der Waals surface area contributed by atoms with E-state index in [4.69, 9.17) is 0 Å². The molecule has 0 bridgehead atoms. The van der Waals surface area contributed by atoms with Gasteiger partial charge in [-0.2, -0.15) is 0 Å². The molecule has 3 heterocycles. The number of hydrogen-bond acceptors (Lipinski definition) is 6. The number of aromatic nitrogens is 2. The van der Waals surface area contributed by atoms with Crippen molar-refractivity contribution in [2.75, 3.05) is 44.7 Å². The van der Waals surface area contributed by atoms with Crippen molar-refractivity contribution in [1.29, 1.82) is 0 Å². The van der Waals surface area contributed by atoms with E-state index in [-0.39, 0.29) is 11.9 Å². The molecule has 1 atom stereocenters. The van der Waals surface area contributed by atoms with E-state index in [1.54, 1.807) is 6.20 Å². The van der Waals surface area contributed by atoms with Gasteiger partial charge in [0.25, 0.3) is 5.91 Å². The third-order valence-corrected chi connectivity index (χ3v) is 6.79. The van der Waals surface area contributed by atoms with Crippen LogP contribution in [-0.4, -0.2) is 72.7 Å². The number of nitrogens with zero attached hydrogens (tertiary/aromatic N) is 3. The largest absolute Gasteiger partial charge is 0.361 e. The molecular formula is C23H31N7O2S. The van der Waals surface area contributed by atoms with Gasteiger partial charge in [0.15, 0.2) is 5.13 Å². The predicted molar refractivity (Wildman–Crippen MR) is 132 cm³/mol. The molecule has 1 unspecified atom stereocenters. The summed E-state index contributed by atoms with van der Waals surface area (Å²) < 4.78 is 0. The summed E-state index contributed by atoms with van der Waals surface area (Å²) in [4.78, 5) is 38.1. The molecule has 9 nitrogen and oxygen atoms in total. The van der Waals surface area contributed by atoms with Crippen molar-refractivity contribution in [3.8, 4) is 0 Å². The zero-order chi connectivity index (χ0) is 23.2. The molecule has 0 aliphatic carbocycles. The number of para-hydroxylation sites is 1. The number of piperazine rings is 1. The van der Waals surface area contributed by atoms with Gasteiger partial charge in [-0.05, 0) is 25.1 Å². The topological polar surface area (TPSA) is 105 Å². The smallest absolute Gasteiger partial charge is 0.316 e. The van der Waals surface area contributed by atoms with Crippen molar-refractivity contribution in [3.05, 3.63) is 47.1 Å². The lowest BCUT2D eigenvalue weighted by atomic mass is 10.1. The van der Waals surface area contributed by atoms with Crippen molar-refractivity contribution >= 4 is 39.3 Å². The number of rotatable bonds is 8. The van der Waals surface area contributed by atoms with Gasteiger partial charge in [-0.3, -0.25) is 4.79 Å². The SMILES string of the molecule is CCCNC(=O)NC(Cc1c[nH]c2ccccc12)NC(=O)c1cnc(N2CCN(C)CC2)s1. The number of likely N-dealkylation sites (N-methyl/N-ethyl adjacent to an activating group) is 1. The molecule has 4 rings (SSSR count). The number of nitrogens with one attached hydrogen (secondary N) is 4. The maximum absolute atomic E-state index is 13.0. The molecule has 1 saturated heterocycles. The normalized spacial score (nSPS) is 15.4. The minimum absolute atomic E-state index is 0.242. The molecule has 1 aliphatic rings. The number of amides is 3. The van der Waals surface area contributed by atoms with E-state index in [2.05, 4.69) is 42.8 Å². The number of H-pyrrole nitrogens is 1. The Labute approximate surface area is 197 Å². The summed E-state index contributed by atoms with van der Waals surface area (Å²) in [6, 6.07) is 7.68. The van der Waals surface area contributed by atoms with E-state index < -0.39 is 6.17 Å². The van der Waals surface area contributed by atoms with Gasteiger partial charge in [0, 0.05) is 56.2 Å². The average molecular weight is 470 g/mol. The lowest BCUT2D eigenvalue weighted by Crippen LogP contribution is -2.52. The van der Waals surface area contributed by atoms with Crippen LogP contribution in [-0.2, 0) is 6.42 Å². The monoisotopic (exact) mass is 469 g/mol. The molecule has 1 aliphatic heterocycles. The number of carbonyl (C=O) groups excluding carboxylic acids is 2. The maximum Gasteiger partial charge on any atom is 0.316 e. The Balaban J connectivity index is 1.46. The highest BCUT2D eigenvalue weighted by atomic mass is 32.1. The molecule has 10 heteroatoms. The van der Waals surface area contributed by atoms with E-state index in [9.17, 15) is 9.59 Å². The summed E-state index contributed by atoms with van der Waals surface area (Å²) in [6.45, 7) is 6.31. The van der Waals surface area contributed by atoms with Crippen molar-refractivity contribution in [1.82, 2.24) is 30.8 Å². The third kappa shape index (κ3) is 5.82. The van der Waals surface area contributed by atoms with Crippen LogP contribution in [0.1, 0.15) is 28.6 Å². The van der Waals surface area contributed by atoms with Crippen LogP contribution >= 0.6 is 11.3 Å². The first-order valence-electron chi connectivity index (χ1n) is 11.3. The fraction of sp³-hybridized carbons (Fsp3) is 0.435. The first-order chi connectivity index (χ1) is 16.0. The van der Waals surface area contributed by atoms with Gasteiger partial charge in [-0.1, -0.05) is 36.5 Å². The van der Waals surface area contributed by atoms with Crippen LogP contribution in [0, 0.1) is 0 Å². The molecule has 0 saturated carbocycles. The molecule has 1 aromatic carbocycles. The number of anilines is 1. The van der Waals surface area contributed by atoms with Crippen LogP contribution < -0.4 is 20.9 Å². The zero-order valence-corrected chi connectivity index (χ0v) is 19.9. The Kier molecular flexibility index (Phi) is 7.46. The summed E-state index contributed by atoms with van der Waals surface area (Å²) in [5, 5.41) is 10.6. The van der Waals surface area contributed by atoms with Crippen LogP contribution in [0.25, 0.3) is 10.9 Å². The first kappa shape index (κ1) is 23.1. The van der Waals surface area contributed by atoms with Gasteiger partial charge in [0.2, 0.25) is 0 Å². The zero-order valence-electron chi connectivity index (χ0n) is 19.1. The Hall–Kier alpha value is -3.11. The highest BCUT2D eigenvalue weighted by molar-refractivity contribution is 7.17. The summed E-state index contributed by atoms with van der Waals surface area (Å²) in [5.74, 6) is -0.242. The number of carbonyl (C=O) groups is 2. The maximum atomic E-state index is 13.0. The molecule has 4 N–H and O–H groups in total. The highest BCUT2D eigenvalue weighted by Crippen LogP contribution is 2.24. The summed E-state index contributed by atoms with van der Waals surface area (Å²) >= 11 is 1.38. The van der Waals surface area contributed by atoms with Crippen molar-refractivity contribution in [2.45, 2.75) is 25.9 Å². The van der Waals surface area contributed by atoms with Gasteiger partial charge < -0.3 is 30.7 Å². The number of benzene rings is 1. The third-order valence-electron chi connectivity index (χ3n) is 5.74. The number of thiazole rings is 1. The number of hydrogen-bond donors (Lipinski definition) is 4. The molecule has 3 aromatic rings. The molecule has 0 radical (unpaired) electrons. The Bertz CT molecular complexity index is 1090. The van der Waals surface area contributed by atoms with Crippen LogP contribution in [0.5, 0.6) is 0 Å². The van der Waals surface area contributed by atoms with Crippen LogP contribution in [0.3, 0.4) is 0 Å². The molecule has 33 heavy (non-hydrogen) atoms. The van der Waals surface area contributed by atoms with E-state index in [1.165, 1.54) is 11.3 Å². The molecule has 0 spiro atoms. The molecule has 3 amide bonds. The predicted octanol–water partition coefficient (Wildman–Crippen LogP) is 2.38. The minimum Gasteiger partial charge on any atom is -0.361 e. The second kappa shape index (κ2) is 10.7. The molecular weight excluding hydrogens is 438 g/mol. The second-order valence-electron chi connectivity index (χ2n) is 8.29. The molecule has 2 aromatic heterocycles. The summed E-state index contributed by atoms with van der Waals surface area (Å²) in [6.07, 6.45) is 4.27. The summed E-state index contributed by atoms with van der Waals surface area (Å²) in [7, 11) is 2.11. The highest BCUT2D eigenvalue weighted by Gasteiger charge is 2.22. The van der Waals surface area contributed by atoms with E-state index >= 15 is 0 Å². The lowest BCUT2D eigenvalue weighted by molar-refractivity contribution is 0.0936. The molecule has 176 valence electrons. The van der Waals surface area contributed by atoms with Crippen LogP contribution in [0.15, 0.2) is 36.7 Å². The van der Waals surface area contributed by atoms with Crippen molar-refractivity contribution in [3.63, 3.8) is 0 Å². The Morgan fingerprint density at radius 3 is 2.76 bits per heavy atom. The van der Waals surface area contributed by atoms with E-state index in [1.807, 2.05) is 37.4 Å². The fourth-order valence-electron chi connectivity index (χ4n) is 3.85. The Morgan fingerprint density at radius 2 is 1.97 bits per heavy atom. The van der Waals surface area contributed by atoms with Crippen molar-refractivity contribution < 1.29 is 9.59 Å². The second-order valence-corrected chi connectivity index (χ2v) is 9.30. The van der Waals surface area contributed by atoms with Gasteiger partial charge in [-0.25, -0.2) is 9.78 Å². The van der Waals surface area contributed by atoms with E-state index in [0.717, 1.165) is 54.2 Å². The van der Waals surface area contributed by atoms with Gasteiger partial charge in [-0.15, -0.1) is 0 Å². The van der Waals surface area contributed by atoms with E-state index in [0.29, 0.717) is 17.8 Å². The van der Waals surface area contributed by atoms with Crippen LogP contribution in [0.2, 0.25) is 0 Å². The molecule has 1 fully saturated rings. The van der Waals surface area contributed by atoms with Crippen LogP contribution in [0.4, 0.5) is 9.93 Å². The van der Waals surface area contributed by atoms with Crippen molar-refractivity contribution in [2.24, 2.45) is 0 Å². The first-order valence-corrected chi connectivity index (χ1v) is 12.1. The minimum atomic E-state index is -0.567. The standard InChI is InChI=1S/C23H31N7O2S/c1-3-8-24-22(32)28-20(13-16-14-25-18-7-5-4-6-17(16)18)27-21(31)19-15-26-23(33-19)30-11-9-29(2)10-12-30/h4-7,14-15,20,25H,3,8-13H2,1-2H3,(H,27,31)(H2,24,28,32). The van der Waals surface area contributed by atoms with Gasteiger partial charge >= 0.3 is 6.03 Å². The number of fused-ring (bicyclic) bond motifs is 1. The quantitative estimate of drug-likeness (QED) is 0.379. The lowest BCUT2D eigenvalue weighted by Gasteiger charge is -2.32. The Morgan fingerprint density at radius 1 is 1.18 bits per heavy atom. The average Bonchev–Trinajstić information content (AvgIpc) is 3.46. The number of aromatic amines is 1.